The molecular formula is C19H19FN2O4. The number of hydrogen-bond acceptors (Lipinski definition) is 5. The van der Waals surface area contributed by atoms with Crippen LogP contribution in [0.3, 0.4) is 0 Å². The molecule has 0 saturated carbocycles. The molecule has 0 spiro atoms. The van der Waals surface area contributed by atoms with Gasteiger partial charge >= 0.3 is 5.97 Å². The van der Waals surface area contributed by atoms with Gasteiger partial charge in [0.2, 0.25) is 0 Å². The minimum absolute atomic E-state index is 0.171. The van der Waals surface area contributed by atoms with Gasteiger partial charge in [0, 0.05) is 5.56 Å². The summed E-state index contributed by atoms with van der Waals surface area (Å²) in [5, 5.41) is 3.82. The maximum Gasteiger partial charge on any atom is 0.344 e. The molecule has 0 atom stereocenters. The van der Waals surface area contributed by atoms with Crippen molar-refractivity contribution in [2.75, 3.05) is 6.61 Å². The molecule has 0 bridgehead atoms. The number of ether oxygens (including phenoxy) is 2. The molecule has 0 unspecified atom stereocenters. The van der Waals surface area contributed by atoms with Crippen LogP contribution in [-0.4, -0.2) is 30.8 Å². The maximum atomic E-state index is 13.1. The molecule has 0 aliphatic heterocycles. The van der Waals surface area contributed by atoms with Gasteiger partial charge in [0.1, 0.15) is 11.6 Å². The van der Waals surface area contributed by atoms with Crippen LogP contribution in [0.15, 0.2) is 53.6 Å². The summed E-state index contributed by atoms with van der Waals surface area (Å²) in [5.74, 6) is -0.934. The normalized spacial score (nSPS) is 10.8. The molecule has 2 rings (SSSR count). The number of nitrogens with one attached hydrogen (secondary N) is 1. The van der Waals surface area contributed by atoms with E-state index in [2.05, 4.69) is 10.5 Å². The number of esters is 1. The molecule has 0 heterocycles. The number of hydrazone groups is 1. The zero-order valence-corrected chi connectivity index (χ0v) is 14.4. The van der Waals surface area contributed by atoms with Crippen molar-refractivity contribution in [3.63, 3.8) is 0 Å². The topological polar surface area (TPSA) is 77.0 Å². The number of hydrogen-bond donors (Lipinski definition) is 1. The van der Waals surface area contributed by atoms with E-state index < -0.39 is 17.7 Å². The van der Waals surface area contributed by atoms with Crippen LogP contribution in [0.2, 0.25) is 0 Å². The molecule has 0 saturated heterocycles. The van der Waals surface area contributed by atoms with Gasteiger partial charge in [-0.1, -0.05) is 6.07 Å². The Kier molecular flexibility index (Phi) is 6.84. The SMILES string of the molecule is CC(C)OC(=O)COc1ccc(/C=N\NC(=O)c2cccc(F)c2)cc1. The first kappa shape index (κ1) is 19.1. The minimum Gasteiger partial charge on any atom is -0.482 e. The summed E-state index contributed by atoms with van der Waals surface area (Å²) in [7, 11) is 0. The third-order valence-corrected chi connectivity index (χ3v) is 3.07. The predicted octanol–water partition coefficient (Wildman–Crippen LogP) is 2.92. The van der Waals surface area contributed by atoms with Crippen LogP contribution >= 0.6 is 0 Å². The molecule has 6 nitrogen and oxygen atoms in total. The zero-order valence-electron chi connectivity index (χ0n) is 14.4. The van der Waals surface area contributed by atoms with E-state index in [0.717, 1.165) is 6.07 Å². The van der Waals surface area contributed by atoms with Crippen molar-refractivity contribution in [1.29, 1.82) is 0 Å². The first-order valence-electron chi connectivity index (χ1n) is 7.95. The summed E-state index contributed by atoms with van der Waals surface area (Å²) in [6.07, 6.45) is 1.25. The van der Waals surface area contributed by atoms with Gasteiger partial charge in [-0.15, -0.1) is 0 Å². The Morgan fingerprint density at radius 2 is 1.92 bits per heavy atom. The van der Waals surface area contributed by atoms with E-state index in [-0.39, 0.29) is 18.3 Å². The van der Waals surface area contributed by atoms with Crippen LogP contribution in [0, 0.1) is 5.82 Å². The lowest BCUT2D eigenvalue weighted by atomic mass is 10.2. The van der Waals surface area contributed by atoms with Gasteiger partial charge in [0.25, 0.3) is 5.91 Å². The van der Waals surface area contributed by atoms with Crippen LogP contribution in [0.25, 0.3) is 0 Å². The van der Waals surface area contributed by atoms with Gasteiger partial charge in [0.15, 0.2) is 6.61 Å². The smallest absolute Gasteiger partial charge is 0.344 e. The lowest BCUT2D eigenvalue weighted by Crippen LogP contribution is -2.18. The van der Waals surface area contributed by atoms with Crippen molar-refractivity contribution in [2.45, 2.75) is 20.0 Å². The first-order valence-corrected chi connectivity index (χ1v) is 7.95. The third-order valence-electron chi connectivity index (χ3n) is 3.07. The molecule has 1 amide bonds. The van der Waals surface area contributed by atoms with E-state index in [0.29, 0.717) is 11.3 Å². The highest BCUT2D eigenvalue weighted by Gasteiger charge is 2.06. The van der Waals surface area contributed by atoms with Crippen molar-refractivity contribution in [3.05, 3.63) is 65.5 Å². The van der Waals surface area contributed by atoms with Crippen molar-refractivity contribution in [2.24, 2.45) is 5.10 Å². The molecular weight excluding hydrogens is 339 g/mol. The first-order chi connectivity index (χ1) is 12.4. The van der Waals surface area contributed by atoms with E-state index in [1.165, 1.54) is 24.4 Å². The van der Waals surface area contributed by atoms with Gasteiger partial charge in [0.05, 0.1) is 12.3 Å². The van der Waals surface area contributed by atoms with Crippen molar-refractivity contribution < 1.29 is 23.5 Å². The molecule has 2 aromatic carbocycles. The van der Waals surface area contributed by atoms with E-state index in [1.54, 1.807) is 38.1 Å². The molecule has 0 aliphatic rings. The Morgan fingerprint density at radius 3 is 2.58 bits per heavy atom. The Labute approximate surface area is 150 Å². The van der Waals surface area contributed by atoms with Crippen molar-refractivity contribution in [3.8, 4) is 5.75 Å². The van der Waals surface area contributed by atoms with Crippen LogP contribution in [-0.2, 0) is 9.53 Å². The number of benzene rings is 2. The lowest BCUT2D eigenvalue weighted by Gasteiger charge is -2.09. The number of rotatable bonds is 7. The Morgan fingerprint density at radius 1 is 1.19 bits per heavy atom. The van der Waals surface area contributed by atoms with Crippen LogP contribution < -0.4 is 10.2 Å². The molecule has 0 aliphatic carbocycles. The molecule has 26 heavy (non-hydrogen) atoms. The highest BCUT2D eigenvalue weighted by molar-refractivity contribution is 5.94. The monoisotopic (exact) mass is 358 g/mol. The average molecular weight is 358 g/mol. The fourth-order valence-corrected chi connectivity index (χ4v) is 1.95. The fraction of sp³-hybridized carbons (Fsp3) is 0.211. The minimum atomic E-state index is -0.510. The zero-order chi connectivity index (χ0) is 18.9. The Bertz CT molecular complexity index is 788. The van der Waals surface area contributed by atoms with Gasteiger partial charge < -0.3 is 9.47 Å². The van der Waals surface area contributed by atoms with E-state index in [4.69, 9.17) is 9.47 Å². The molecule has 7 heteroatoms. The quantitative estimate of drug-likeness (QED) is 0.469. The summed E-state index contributed by atoms with van der Waals surface area (Å²) in [6.45, 7) is 3.35. The summed E-state index contributed by atoms with van der Waals surface area (Å²) in [4.78, 5) is 23.2. The van der Waals surface area contributed by atoms with Crippen LogP contribution in [0.5, 0.6) is 5.75 Å². The largest absolute Gasteiger partial charge is 0.482 e. The molecule has 0 fully saturated rings. The molecule has 1 N–H and O–H groups in total. The summed E-state index contributed by atoms with van der Waals surface area (Å²) < 4.78 is 23.3. The number of carbonyl (C=O) groups is 2. The van der Waals surface area contributed by atoms with E-state index in [9.17, 15) is 14.0 Å². The summed E-state index contributed by atoms with van der Waals surface area (Å²) in [5.41, 5.74) is 3.21. The molecule has 0 radical (unpaired) electrons. The maximum absolute atomic E-state index is 13.1. The number of halogens is 1. The predicted molar refractivity (Wildman–Crippen MR) is 94.6 cm³/mol. The summed E-state index contributed by atoms with van der Waals surface area (Å²) >= 11 is 0. The molecule has 0 aromatic heterocycles. The third kappa shape index (κ3) is 6.35. The molecule has 2 aromatic rings. The number of carbonyl (C=O) groups excluding carboxylic acids is 2. The lowest BCUT2D eigenvalue weighted by molar-refractivity contribution is -0.149. The van der Waals surface area contributed by atoms with Gasteiger partial charge in [-0.25, -0.2) is 14.6 Å². The van der Waals surface area contributed by atoms with Gasteiger partial charge in [-0.2, -0.15) is 5.10 Å². The number of amides is 1. The van der Waals surface area contributed by atoms with Crippen LogP contribution in [0.4, 0.5) is 4.39 Å². The Hall–Kier alpha value is -3.22. The second-order valence-electron chi connectivity index (χ2n) is 5.61. The van der Waals surface area contributed by atoms with Crippen molar-refractivity contribution >= 4 is 18.1 Å². The van der Waals surface area contributed by atoms with Crippen LogP contribution in [0.1, 0.15) is 29.8 Å². The summed E-state index contributed by atoms with van der Waals surface area (Å²) in [6, 6.07) is 12.1. The number of nitrogens with zero attached hydrogens (tertiary/aromatic N) is 1. The second kappa shape index (κ2) is 9.31. The second-order valence-corrected chi connectivity index (χ2v) is 5.61. The van der Waals surface area contributed by atoms with Crippen molar-refractivity contribution in [1.82, 2.24) is 5.43 Å². The fourth-order valence-electron chi connectivity index (χ4n) is 1.95. The van der Waals surface area contributed by atoms with Gasteiger partial charge in [-0.05, 0) is 61.9 Å². The van der Waals surface area contributed by atoms with E-state index in [1.807, 2.05) is 0 Å². The standard InChI is InChI=1S/C19H19FN2O4/c1-13(2)26-18(23)12-25-17-8-6-14(7-9-17)11-21-22-19(24)15-4-3-5-16(20)10-15/h3-11,13H,12H2,1-2H3,(H,22,24)/b21-11-. The average Bonchev–Trinajstić information content (AvgIpc) is 2.60. The van der Waals surface area contributed by atoms with Gasteiger partial charge in [-0.3, -0.25) is 4.79 Å². The van der Waals surface area contributed by atoms with E-state index >= 15 is 0 Å². The Balaban J connectivity index is 1.83. The molecule has 136 valence electrons. The highest BCUT2D eigenvalue weighted by atomic mass is 19.1. The highest BCUT2D eigenvalue weighted by Crippen LogP contribution is 2.11.